The standard InChI is InChI=1S/C16H28N2O4/c1-6-22-14(20)12-7-9-18(10-8-12)13(19)11(2)17-15(21)16(3,4)5/h11-12H,6-10H2,1-5H3,(H,17,21). The minimum atomic E-state index is -0.550. The van der Waals surface area contributed by atoms with Crippen LogP contribution in [0.4, 0.5) is 0 Å². The maximum atomic E-state index is 12.4. The summed E-state index contributed by atoms with van der Waals surface area (Å²) in [6, 6.07) is -0.550. The second-order valence-electron chi connectivity index (χ2n) is 6.80. The Hall–Kier alpha value is -1.59. The number of likely N-dealkylation sites (tertiary alicyclic amines) is 1. The summed E-state index contributed by atoms with van der Waals surface area (Å²) in [5.41, 5.74) is -0.522. The SMILES string of the molecule is CCOC(=O)C1CCN(C(=O)C(C)NC(=O)C(C)(C)C)CC1. The Morgan fingerprint density at radius 2 is 1.77 bits per heavy atom. The highest BCUT2D eigenvalue weighted by atomic mass is 16.5. The second-order valence-corrected chi connectivity index (χ2v) is 6.80. The van der Waals surface area contributed by atoms with E-state index in [4.69, 9.17) is 4.74 Å². The van der Waals surface area contributed by atoms with Crippen LogP contribution in [0.5, 0.6) is 0 Å². The van der Waals surface area contributed by atoms with E-state index in [0.29, 0.717) is 32.5 Å². The van der Waals surface area contributed by atoms with Gasteiger partial charge in [-0.1, -0.05) is 20.8 Å². The first-order chi connectivity index (χ1) is 10.2. The van der Waals surface area contributed by atoms with Gasteiger partial charge in [-0.3, -0.25) is 14.4 Å². The van der Waals surface area contributed by atoms with Crippen molar-refractivity contribution in [3.8, 4) is 0 Å². The molecule has 1 N–H and O–H groups in total. The molecule has 1 rings (SSSR count). The van der Waals surface area contributed by atoms with Gasteiger partial charge in [0.2, 0.25) is 11.8 Å². The Bertz CT molecular complexity index is 420. The molecule has 0 aromatic rings. The third-order valence-corrected chi connectivity index (χ3v) is 3.83. The number of carbonyl (C=O) groups is 3. The summed E-state index contributed by atoms with van der Waals surface area (Å²) in [7, 11) is 0. The molecule has 1 unspecified atom stereocenters. The van der Waals surface area contributed by atoms with E-state index in [1.165, 1.54) is 0 Å². The van der Waals surface area contributed by atoms with Crippen LogP contribution in [-0.4, -0.2) is 48.4 Å². The summed E-state index contributed by atoms with van der Waals surface area (Å²) in [4.78, 5) is 37.7. The maximum Gasteiger partial charge on any atom is 0.309 e. The van der Waals surface area contributed by atoms with Crippen molar-refractivity contribution in [3.05, 3.63) is 0 Å². The zero-order chi connectivity index (χ0) is 16.9. The zero-order valence-corrected chi connectivity index (χ0v) is 14.3. The van der Waals surface area contributed by atoms with Crippen LogP contribution in [0, 0.1) is 11.3 Å². The molecule has 6 heteroatoms. The highest BCUT2D eigenvalue weighted by Gasteiger charge is 2.31. The lowest BCUT2D eigenvalue weighted by Crippen LogP contribution is -2.51. The monoisotopic (exact) mass is 312 g/mol. The van der Waals surface area contributed by atoms with Gasteiger partial charge in [-0.05, 0) is 26.7 Å². The van der Waals surface area contributed by atoms with Crippen molar-refractivity contribution in [3.63, 3.8) is 0 Å². The number of ether oxygens (including phenoxy) is 1. The molecule has 0 aliphatic carbocycles. The molecule has 1 atom stereocenters. The van der Waals surface area contributed by atoms with Gasteiger partial charge < -0.3 is 15.0 Å². The van der Waals surface area contributed by atoms with Crippen molar-refractivity contribution in [1.82, 2.24) is 10.2 Å². The summed E-state index contributed by atoms with van der Waals surface area (Å²) in [6.45, 7) is 10.3. The highest BCUT2D eigenvalue weighted by molar-refractivity contribution is 5.89. The first kappa shape index (κ1) is 18.5. The van der Waals surface area contributed by atoms with Crippen molar-refractivity contribution < 1.29 is 19.1 Å². The van der Waals surface area contributed by atoms with Crippen molar-refractivity contribution in [2.45, 2.75) is 53.5 Å². The summed E-state index contributed by atoms with van der Waals surface area (Å²) in [5.74, 6) is -0.540. The predicted octanol–water partition coefficient (Wildman–Crippen LogP) is 1.34. The summed E-state index contributed by atoms with van der Waals surface area (Å²) in [6.07, 6.45) is 1.23. The van der Waals surface area contributed by atoms with Gasteiger partial charge in [0.1, 0.15) is 6.04 Å². The van der Waals surface area contributed by atoms with Gasteiger partial charge in [0, 0.05) is 18.5 Å². The summed E-state index contributed by atoms with van der Waals surface area (Å²) < 4.78 is 5.02. The molecular formula is C16H28N2O4. The zero-order valence-electron chi connectivity index (χ0n) is 14.3. The van der Waals surface area contributed by atoms with Crippen LogP contribution in [-0.2, 0) is 19.1 Å². The lowest BCUT2D eigenvalue weighted by Gasteiger charge is -2.33. The number of nitrogens with one attached hydrogen (secondary N) is 1. The fourth-order valence-corrected chi connectivity index (χ4v) is 2.34. The number of hydrogen-bond acceptors (Lipinski definition) is 4. The number of piperidine rings is 1. The fourth-order valence-electron chi connectivity index (χ4n) is 2.34. The van der Waals surface area contributed by atoms with E-state index in [1.807, 2.05) is 20.8 Å². The van der Waals surface area contributed by atoms with Gasteiger partial charge in [-0.25, -0.2) is 0 Å². The molecule has 1 heterocycles. The van der Waals surface area contributed by atoms with Crippen LogP contribution in [0.1, 0.15) is 47.5 Å². The quantitative estimate of drug-likeness (QED) is 0.795. The molecular weight excluding hydrogens is 284 g/mol. The summed E-state index contributed by atoms with van der Waals surface area (Å²) in [5, 5.41) is 2.75. The first-order valence-corrected chi connectivity index (χ1v) is 7.93. The Labute approximate surface area is 132 Å². The minimum absolute atomic E-state index is 0.0973. The smallest absolute Gasteiger partial charge is 0.309 e. The lowest BCUT2D eigenvalue weighted by molar-refractivity contribution is -0.151. The third kappa shape index (κ3) is 5.00. The van der Waals surface area contributed by atoms with E-state index >= 15 is 0 Å². The topological polar surface area (TPSA) is 75.7 Å². The molecule has 0 spiro atoms. The molecule has 2 amide bonds. The Morgan fingerprint density at radius 3 is 2.23 bits per heavy atom. The average molecular weight is 312 g/mol. The van der Waals surface area contributed by atoms with E-state index in [1.54, 1.807) is 18.7 Å². The molecule has 0 bridgehead atoms. The number of rotatable bonds is 4. The van der Waals surface area contributed by atoms with Gasteiger partial charge in [0.05, 0.1) is 12.5 Å². The van der Waals surface area contributed by atoms with Crippen molar-refractivity contribution in [2.75, 3.05) is 19.7 Å². The predicted molar refractivity (Wildman–Crippen MR) is 83.0 cm³/mol. The first-order valence-electron chi connectivity index (χ1n) is 7.93. The van der Waals surface area contributed by atoms with Gasteiger partial charge in [-0.2, -0.15) is 0 Å². The van der Waals surface area contributed by atoms with E-state index < -0.39 is 11.5 Å². The van der Waals surface area contributed by atoms with Crippen LogP contribution < -0.4 is 5.32 Å². The van der Waals surface area contributed by atoms with E-state index in [9.17, 15) is 14.4 Å². The molecule has 22 heavy (non-hydrogen) atoms. The molecule has 0 aromatic carbocycles. The van der Waals surface area contributed by atoms with Crippen LogP contribution in [0.3, 0.4) is 0 Å². The number of carbonyl (C=O) groups excluding carboxylic acids is 3. The van der Waals surface area contributed by atoms with Crippen LogP contribution in [0.2, 0.25) is 0 Å². The van der Waals surface area contributed by atoms with E-state index in [0.717, 1.165) is 0 Å². The molecule has 6 nitrogen and oxygen atoms in total. The Kier molecular flexibility index (Phi) is 6.38. The van der Waals surface area contributed by atoms with Gasteiger partial charge in [0.25, 0.3) is 0 Å². The second kappa shape index (κ2) is 7.61. The number of amides is 2. The molecule has 0 aromatic heterocycles. The average Bonchev–Trinajstić information content (AvgIpc) is 2.45. The third-order valence-electron chi connectivity index (χ3n) is 3.83. The van der Waals surface area contributed by atoms with Crippen LogP contribution in [0.25, 0.3) is 0 Å². The Balaban J connectivity index is 2.48. The van der Waals surface area contributed by atoms with Crippen LogP contribution in [0.15, 0.2) is 0 Å². The van der Waals surface area contributed by atoms with Crippen molar-refractivity contribution in [2.24, 2.45) is 11.3 Å². The molecule has 1 fully saturated rings. The highest BCUT2D eigenvalue weighted by Crippen LogP contribution is 2.19. The molecule has 0 saturated carbocycles. The normalized spacial score (nSPS) is 17.8. The number of esters is 1. The van der Waals surface area contributed by atoms with E-state index in [2.05, 4.69) is 5.32 Å². The molecule has 126 valence electrons. The fraction of sp³-hybridized carbons (Fsp3) is 0.812. The molecule has 1 aliphatic rings. The maximum absolute atomic E-state index is 12.4. The molecule has 0 radical (unpaired) electrons. The van der Waals surface area contributed by atoms with Crippen molar-refractivity contribution >= 4 is 17.8 Å². The number of nitrogens with zero attached hydrogens (tertiary/aromatic N) is 1. The van der Waals surface area contributed by atoms with Crippen LogP contribution >= 0.6 is 0 Å². The number of hydrogen-bond donors (Lipinski definition) is 1. The van der Waals surface area contributed by atoms with E-state index in [-0.39, 0.29) is 23.7 Å². The van der Waals surface area contributed by atoms with Gasteiger partial charge >= 0.3 is 5.97 Å². The molecule has 1 aliphatic heterocycles. The van der Waals surface area contributed by atoms with Crippen molar-refractivity contribution in [1.29, 1.82) is 0 Å². The minimum Gasteiger partial charge on any atom is -0.466 e. The van der Waals surface area contributed by atoms with Gasteiger partial charge in [-0.15, -0.1) is 0 Å². The van der Waals surface area contributed by atoms with Gasteiger partial charge in [0.15, 0.2) is 0 Å². The summed E-state index contributed by atoms with van der Waals surface area (Å²) >= 11 is 0. The Morgan fingerprint density at radius 1 is 1.23 bits per heavy atom. The lowest BCUT2D eigenvalue weighted by atomic mass is 9.94. The largest absolute Gasteiger partial charge is 0.466 e. The molecule has 1 saturated heterocycles.